The van der Waals surface area contributed by atoms with Crippen molar-refractivity contribution in [1.29, 1.82) is 0 Å². The fourth-order valence-electron chi connectivity index (χ4n) is 3.04. The lowest BCUT2D eigenvalue weighted by atomic mass is 10.0. The molecule has 0 aliphatic heterocycles. The molecule has 4 nitrogen and oxygen atoms in total. The van der Waals surface area contributed by atoms with Crippen LogP contribution in [0.2, 0.25) is 0 Å². The molecule has 26 heavy (non-hydrogen) atoms. The number of nitrogens with zero attached hydrogens (tertiary/aromatic N) is 3. The van der Waals surface area contributed by atoms with Crippen LogP contribution in [0, 0.1) is 0 Å². The smallest absolute Gasteiger partial charge is 0.156 e. The van der Waals surface area contributed by atoms with Gasteiger partial charge in [-0.25, -0.2) is 4.98 Å². The van der Waals surface area contributed by atoms with Crippen molar-refractivity contribution in [2.75, 3.05) is 5.73 Å². The van der Waals surface area contributed by atoms with Gasteiger partial charge in [0.15, 0.2) is 5.65 Å². The molecule has 2 aromatic carbocycles. The Kier molecular flexibility index (Phi) is 5.13. The molecule has 4 rings (SSSR count). The lowest BCUT2D eigenvalue weighted by Crippen LogP contribution is -1.95. The molecule has 0 saturated heterocycles. The predicted molar refractivity (Wildman–Crippen MR) is 109 cm³/mol. The van der Waals surface area contributed by atoms with Crippen molar-refractivity contribution in [3.05, 3.63) is 85.8 Å². The molecule has 0 aliphatic rings. The average Bonchev–Trinajstić information content (AvgIpc) is 3.10. The highest BCUT2D eigenvalue weighted by molar-refractivity contribution is 5.82. The molecule has 4 heteroatoms. The summed E-state index contributed by atoms with van der Waals surface area (Å²) in [6.45, 7) is 8.12. The number of fused-ring (bicyclic) bond motifs is 1. The summed E-state index contributed by atoms with van der Waals surface area (Å²) in [5.74, 6) is 0. The van der Waals surface area contributed by atoms with Gasteiger partial charge < -0.3 is 5.73 Å². The van der Waals surface area contributed by atoms with E-state index in [4.69, 9.17) is 10.7 Å². The lowest BCUT2D eigenvalue weighted by molar-refractivity contribution is 1.12. The van der Waals surface area contributed by atoms with Crippen molar-refractivity contribution in [2.24, 2.45) is 0 Å². The number of nitrogen functional groups attached to an aromatic ring is 1. The van der Waals surface area contributed by atoms with Crippen molar-refractivity contribution < 1.29 is 0 Å². The minimum absolute atomic E-state index is 0.831. The quantitative estimate of drug-likeness (QED) is 0.420. The highest BCUT2D eigenvalue weighted by Crippen LogP contribution is 2.33. The van der Waals surface area contributed by atoms with E-state index in [1.807, 2.05) is 30.5 Å². The maximum atomic E-state index is 6.08. The van der Waals surface area contributed by atoms with E-state index < -0.39 is 0 Å². The normalized spacial score (nSPS) is 10.3. The molecule has 2 heterocycles. The molecular weight excluding hydrogens is 320 g/mol. The van der Waals surface area contributed by atoms with Gasteiger partial charge in [0.1, 0.15) is 0 Å². The molecule has 0 spiro atoms. The monoisotopic (exact) mass is 342 g/mol. The molecule has 130 valence electrons. The standard InChI is InChI=1S/C20H18N4.C2H4/c1-2-14-12-16(8-9-17(14)21)20-19(15-6-4-3-5-7-15)23-18-13-22-10-11-24(18)20;1-2/h3-13H,2,21H2,1H3;1-2H2. The summed E-state index contributed by atoms with van der Waals surface area (Å²) in [6, 6.07) is 16.4. The molecular formula is C22H22N4. The Balaban J connectivity index is 0.000000948. The molecule has 2 aromatic heterocycles. The van der Waals surface area contributed by atoms with Crippen molar-refractivity contribution >= 4 is 11.3 Å². The Morgan fingerprint density at radius 2 is 1.81 bits per heavy atom. The highest BCUT2D eigenvalue weighted by atomic mass is 15.0. The van der Waals surface area contributed by atoms with Crippen LogP contribution in [0.5, 0.6) is 0 Å². The van der Waals surface area contributed by atoms with E-state index in [2.05, 4.69) is 53.7 Å². The van der Waals surface area contributed by atoms with Crippen LogP contribution in [0.4, 0.5) is 5.69 Å². The average molecular weight is 342 g/mol. The van der Waals surface area contributed by atoms with Gasteiger partial charge in [-0.1, -0.05) is 43.3 Å². The van der Waals surface area contributed by atoms with Gasteiger partial charge in [-0.15, -0.1) is 13.2 Å². The van der Waals surface area contributed by atoms with Crippen LogP contribution in [0.3, 0.4) is 0 Å². The van der Waals surface area contributed by atoms with E-state index in [0.29, 0.717) is 0 Å². The van der Waals surface area contributed by atoms with Gasteiger partial charge in [-0.05, 0) is 24.1 Å². The summed E-state index contributed by atoms with van der Waals surface area (Å²) in [7, 11) is 0. The first-order valence-electron chi connectivity index (χ1n) is 8.54. The Morgan fingerprint density at radius 3 is 2.54 bits per heavy atom. The first kappa shape index (κ1) is 17.4. The molecule has 4 aromatic rings. The van der Waals surface area contributed by atoms with E-state index in [0.717, 1.165) is 45.8 Å². The van der Waals surface area contributed by atoms with Gasteiger partial charge >= 0.3 is 0 Å². The van der Waals surface area contributed by atoms with E-state index in [9.17, 15) is 0 Å². The van der Waals surface area contributed by atoms with Gasteiger partial charge in [-0.2, -0.15) is 0 Å². The van der Waals surface area contributed by atoms with Crippen LogP contribution < -0.4 is 5.73 Å². The Labute approximate surface area is 153 Å². The second kappa shape index (κ2) is 7.66. The zero-order chi connectivity index (χ0) is 18.5. The van der Waals surface area contributed by atoms with Gasteiger partial charge in [0.25, 0.3) is 0 Å². The molecule has 0 aliphatic carbocycles. The minimum atomic E-state index is 0.831. The number of hydrogen-bond donors (Lipinski definition) is 1. The molecule has 2 N–H and O–H groups in total. The highest BCUT2D eigenvalue weighted by Gasteiger charge is 2.16. The molecule has 0 atom stereocenters. The number of benzene rings is 2. The zero-order valence-corrected chi connectivity index (χ0v) is 14.9. The lowest BCUT2D eigenvalue weighted by Gasteiger charge is -2.09. The second-order valence-electron chi connectivity index (χ2n) is 5.75. The third kappa shape index (κ3) is 3.09. The second-order valence-corrected chi connectivity index (χ2v) is 5.75. The molecule has 0 amide bonds. The largest absolute Gasteiger partial charge is 0.399 e. The number of aryl methyl sites for hydroxylation is 1. The fourth-order valence-corrected chi connectivity index (χ4v) is 3.04. The van der Waals surface area contributed by atoms with Gasteiger partial charge in [0, 0.05) is 29.2 Å². The van der Waals surface area contributed by atoms with E-state index >= 15 is 0 Å². The van der Waals surface area contributed by atoms with Crippen LogP contribution in [0.1, 0.15) is 12.5 Å². The summed E-state index contributed by atoms with van der Waals surface area (Å²) in [4.78, 5) is 9.01. The molecule has 0 bridgehead atoms. The molecule has 0 radical (unpaired) electrons. The summed E-state index contributed by atoms with van der Waals surface area (Å²) >= 11 is 0. The van der Waals surface area contributed by atoms with Gasteiger partial charge in [0.05, 0.1) is 17.6 Å². The van der Waals surface area contributed by atoms with Gasteiger partial charge in [0.2, 0.25) is 0 Å². The summed E-state index contributed by atoms with van der Waals surface area (Å²) in [6.07, 6.45) is 6.42. The summed E-state index contributed by atoms with van der Waals surface area (Å²) in [5.41, 5.74) is 13.1. The predicted octanol–water partition coefficient (Wildman–Crippen LogP) is 5.01. The Hall–Kier alpha value is -3.40. The summed E-state index contributed by atoms with van der Waals surface area (Å²) < 4.78 is 2.08. The van der Waals surface area contributed by atoms with E-state index in [-0.39, 0.29) is 0 Å². The fraction of sp³-hybridized carbons (Fsp3) is 0.0909. The van der Waals surface area contributed by atoms with Crippen LogP contribution in [-0.2, 0) is 6.42 Å². The van der Waals surface area contributed by atoms with Crippen LogP contribution >= 0.6 is 0 Å². The van der Waals surface area contributed by atoms with E-state index in [1.165, 1.54) is 0 Å². The van der Waals surface area contributed by atoms with Crippen molar-refractivity contribution in [3.8, 4) is 22.5 Å². The maximum absolute atomic E-state index is 6.08. The number of imidazole rings is 1. The van der Waals surface area contributed by atoms with Crippen LogP contribution in [0.25, 0.3) is 28.2 Å². The number of aromatic nitrogens is 3. The number of nitrogens with two attached hydrogens (primary N) is 1. The molecule has 0 saturated carbocycles. The van der Waals surface area contributed by atoms with Gasteiger partial charge in [-0.3, -0.25) is 9.38 Å². The SMILES string of the molecule is C=C.CCc1cc(-c2c(-c3ccccc3)nc3cnccn23)ccc1N. The zero-order valence-electron chi connectivity index (χ0n) is 14.9. The first-order valence-corrected chi connectivity index (χ1v) is 8.54. The topological polar surface area (TPSA) is 56.2 Å². The van der Waals surface area contributed by atoms with E-state index in [1.54, 1.807) is 12.4 Å². The van der Waals surface area contributed by atoms with Crippen molar-refractivity contribution in [1.82, 2.24) is 14.4 Å². The maximum Gasteiger partial charge on any atom is 0.156 e. The number of hydrogen-bond acceptors (Lipinski definition) is 3. The Bertz CT molecular complexity index is 1020. The van der Waals surface area contributed by atoms with Crippen LogP contribution in [0.15, 0.2) is 80.3 Å². The molecule has 0 fully saturated rings. The van der Waals surface area contributed by atoms with Crippen LogP contribution in [-0.4, -0.2) is 14.4 Å². The van der Waals surface area contributed by atoms with Crippen molar-refractivity contribution in [2.45, 2.75) is 13.3 Å². The minimum Gasteiger partial charge on any atom is -0.399 e. The third-order valence-electron chi connectivity index (χ3n) is 4.27. The summed E-state index contributed by atoms with van der Waals surface area (Å²) in [5, 5.41) is 0. The van der Waals surface area contributed by atoms with Crippen molar-refractivity contribution in [3.63, 3.8) is 0 Å². The number of anilines is 1. The third-order valence-corrected chi connectivity index (χ3v) is 4.27. The number of rotatable bonds is 3. The molecule has 0 unspecified atom stereocenters. The first-order chi connectivity index (χ1) is 12.8. The Morgan fingerprint density at radius 1 is 1.04 bits per heavy atom.